The number of imidazole rings is 1. The SMILES string of the molecule is Clc1ccc([C@@H](c2c[nH]cc2-c2ccccc2Cl)n2ccnc2)cc1. The average molecular weight is 368 g/mol. The van der Waals surface area contributed by atoms with Crippen LogP contribution in [0.5, 0.6) is 0 Å². The van der Waals surface area contributed by atoms with Gasteiger partial charge in [-0.05, 0) is 23.8 Å². The molecule has 0 spiro atoms. The Hall–Kier alpha value is -2.49. The number of nitrogens with one attached hydrogen (secondary N) is 1. The summed E-state index contributed by atoms with van der Waals surface area (Å²) < 4.78 is 2.08. The van der Waals surface area contributed by atoms with Gasteiger partial charge in [0.2, 0.25) is 0 Å². The molecule has 0 fully saturated rings. The lowest BCUT2D eigenvalue weighted by Gasteiger charge is -2.20. The number of halogens is 2. The van der Waals surface area contributed by atoms with Gasteiger partial charge in [0.15, 0.2) is 0 Å². The summed E-state index contributed by atoms with van der Waals surface area (Å²) in [6, 6.07) is 15.7. The van der Waals surface area contributed by atoms with Crippen LogP contribution in [0.1, 0.15) is 17.2 Å². The van der Waals surface area contributed by atoms with Crippen molar-refractivity contribution in [3.8, 4) is 11.1 Å². The molecule has 25 heavy (non-hydrogen) atoms. The highest BCUT2D eigenvalue weighted by atomic mass is 35.5. The molecule has 2 aromatic carbocycles. The van der Waals surface area contributed by atoms with E-state index in [9.17, 15) is 0 Å². The molecule has 1 N–H and O–H groups in total. The van der Waals surface area contributed by atoms with E-state index >= 15 is 0 Å². The van der Waals surface area contributed by atoms with Crippen molar-refractivity contribution in [2.45, 2.75) is 6.04 Å². The van der Waals surface area contributed by atoms with Crippen LogP contribution < -0.4 is 0 Å². The summed E-state index contributed by atoms with van der Waals surface area (Å²) in [5, 5.41) is 1.44. The molecule has 0 aliphatic carbocycles. The lowest BCUT2D eigenvalue weighted by atomic mass is 9.94. The Morgan fingerprint density at radius 3 is 2.44 bits per heavy atom. The highest BCUT2D eigenvalue weighted by Gasteiger charge is 2.21. The van der Waals surface area contributed by atoms with Crippen LogP contribution in [0.15, 0.2) is 79.6 Å². The average Bonchev–Trinajstić information content (AvgIpc) is 3.30. The first kappa shape index (κ1) is 16.0. The molecule has 124 valence electrons. The molecule has 0 aliphatic rings. The van der Waals surface area contributed by atoms with E-state index < -0.39 is 0 Å². The van der Waals surface area contributed by atoms with E-state index in [1.807, 2.05) is 73.4 Å². The number of nitrogens with zero attached hydrogens (tertiary/aromatic N) is 2. The second-order valence-corrected chi connectivity index (χ2v) is 6.61. The van der Waals surface area contributed by atoms with E-state index in [2.05, 4.69) is 14.5 Å². The molecular formula is C20H15Cl2N3. The maximum Gasteiger partial charge on any atom is 0.0954 e. The zero-order chi connectivity index (χ0) is 17.2. The van der Waals surface area contributed by atoms with Crippen LogP contribution in [0, 0.1) is 0 Å². The van der Waals surface area contributed by atoms with Crippen molar-refractivity contribution in [3.63, 3.8) is 0 Å². The fourth-order valence-corrected chi connectivity index (χ4v) is 3.46. The summed E-state index contributed by atoms with van der Waals surface area (Å²) in [6.07, 6.45) is 9.56. The van der Waals surface area contributed by atoms with Gasteiger partial charge in [0.25, 0.3) is 0 Å². The van der Waals surface area contributed by atoms with Gasteiger partial charge in [0, 0.05) is 51.5 Å². The molecule has 0 unspecified atom stereocenters. The first-order valence-corrected chi connectivity index (χ1v) is 8.64. The normalized spacial score (nSPS) is 12.2. The number of rotatable bonds is 4. The van der Waals surface area contributed by atoms with Crippen LogP contribution in [0.3, 0.4) is 0 Å². The number of hydrogen-bond acceptors (Lipinski definition) is 1. The van der Waals surface area contributed by atoms with E-state index in [-0.39, 0.29) is 6.04 Å². The predicted octanol–water partition coefficient (Wildman–Crippen LogP) is 5.82. The van der Waals surface area contributed by atoms with E-state index in [0.717, 1.165) is 27.3 Å². The Balaban J connectivity index is 1.89. The van der Waals surface area contributed by atoms with Crippen molar-refractivity contribution in [2.75, 3.05) is 0 Å². The largest absolute Gasteiger partial charge is 0.367 e. The first-order valence-electron chi connectivity index (χ1n) is 7.88. The number of benzene rings is 2. The zero-order valence-corrected chi connectivity index (χ0v) is 14.7. The van der Waals surface area contributed by atoms with E-state index in [1.54, 1.807) is 6.20 Å². The molecule has 4 aromatic rings. The Labute approximate surface area is 155 Å². The van der Waals surface area contributed by atoms with Gasteiger partial charge >= 0.3 is 0 Å². The van der Waals surface area contributed by atoms with Gasteiger partial charge in [-0.25, -0.2) is 4.98 Å². The monoisotopic (exact) mass is 367 g/mol. The molecule has 0 aliphatic heterocycles. The van der Waals surface area contributed by atoms with Crippen molar-refractivity contribution in [3.05, 3.63) is 101 Å². The summed E-state index contributed by atoms with van der Waals surface area (Å²) in [5.74, 6) is 0. The summed E-state index contributed by atoms with van der Waals surface area (Å²) >= 11 is 12.5. The molecule has 3 nitrogen and oxygen atoms in total. The smallest absolute Gasteiger partial charge is 0.0954 e. The highest BCUT2D eigenvalue weighted by molar-refractivity contribution is 6.33. The van der Waals surface area contributed by atoms with Crippen LogP contribution in [-0.4, -0.2) is 14.5 Å². The maximum absolute atomic E-state index is 6.43. The van der Waals surface area contributed by atoms with Gasteiger partial charge in [-0.15, -0.1) is 0 Å². The fraction of sp³-hybridized carbons (Fsp3) is 0.0500. The molecule has 5 heteroatoms. The van der Waals surface area contributed by atoms with E-state index in [0.29, 0.717) is 5.02 Å². The van der Waals surface area contributed by atoms with Crippen LogP contribution in [0.4, 0.5) is 0 Å². The van der Waals surface area contributed by atoms with Crippen LogP contribution in [-0.2, 0) is 0 Å². The van der Waals surface area contributed by atoms with Gasteiger partial charge in [-0.3, -0.25) is 0 Å². The van der Waals surface area contributed by atoms with Crippen molar-refractivity contribution < 1.29 is 0 Å². The topological polar surface area (TPSA) is 33.6 Å². The summed E-state index contributed by atoms with van der Waals surface area (Å²) in [5.41, 5.74) is 4.31. The lowest BCUT2D eigenvalue weighted by Crippen LogP contribution is -2.10. The molecule has 0 radical (unpaired) electrons. The molecule has 1 atom stereocenters. The third-order valence-corrected chi connectivity index (χ3v) is 4.83. The number of aromatic amines is 1. The summed E-state index contributed by atoms with van der Waals surface area (Å²) in [6.45, 7) is 0. The Kier molecular flexibility index (Phi) is 4.35. The maximum atomic E-state index is 6.43. The Bertz CT molecular complexity index is 972. The first-order chi connectivity index (χ1) is 12.2. The minimum atomic E-state index is -0.0303. The van der Waals surface area contributed by atoms with Crippen LogP contribution in [0.25, 0.3) is 11.1 Å². The quantitative estimate of drug-likeness (QED) is 0.484. The molecule has 0 amide bonds. The number of hydrogen-bond donors (Lipinski definition) is 1. The summed E-state index contributed by atoms with van der Waals surface area (Å²) in [7, 11) is 0. The number of H-pyrrole nitrogens is 1. The minimum absolute atomic E-state index is 0.0303. The van der Waals surface area contributed by atoms with Gasteiger partial charge in [0.05, 0.1) is 12.4 Å². The van der Waals surface area contributed by atoms with Crippen LogP contribution >= 0.6 is 23.2 Å². The standard InChI is InChI=1S/C20H15Cl2N3/c21-15-7-5-14(6-8-15)20(25-10-9-23-13-25)18-12-24-11-17(18)16-3-1-2-4-19(16)22/h1-13,20,24H/t20-/m0/s1. The molecule has 2 heterocycles. The van der Waals surface area contributed by atoms with Crippen LogP contribution in [0.2, 0.25) is 10.0 Å². The van der Waals surface area contributed by atoms with Gasteiger partial charge < -0.3 is 9.55 Å². The van der Waals surface area contributed by atoms with Gasteiger partial charge in [0.1, 0.15) is 0 Å². The van der Waals surface area contributed by atoms with Gasteiger partial charge in [-0.2, -0.15) is 0 Å². The van der Waals surface area contributed by atoms with Crippen molar-refractivity contribution >= 4 is 23.2 Å². The summed E-state index contributed by atoms with van der Waals surface area (Å²) in [4.78, 5) is 7.45. The lowest BCUT2D eigenvalue weighted by molar-refractivity contribution is 0.679. The second-order valence-electron chi connectivity index (χ2n) is 5.77. The van der Waals surface area contributed by atoms with Crippen molar-refractivity contribution in [1.82, 2.24) is 14.5 Å². The van der Waals surface area contributed by atoms with Crippen molar-refractivity contribution in [1.29, 1.82) is 0 Å². The molecule has 2 aromatic heterocycles. The fourth-order valence-electron chi connectivity index (χ4n) is 3.09. The number of aromatic nitrogens is 3. The predicted molar refractivity (Wildman–Crippen MR) is 102 cm³/mol. The molecule has 0 bridgehead atoms. The molecular weight excluding hydrogens is 353 g/mol. The van der Waals surface area contributed by atoms with Crippen molar-refractivity contribution in [2.24, 2.45) is 0 Å². The Morgan fingerprint density at radius 2 is 1.72 bits per heavy atom. The third-order valence-electron chi connectivity index (χ3n) is 4.24. The minimum Gasteiger partial charge on any atom is -0.367 e. The van der Waals surface area contributed by atoms with E-state index in [1.165, 1.54) is 0 Å². The Morgan fingerprint density at radius 1 is 0.920 bits per heavy atom. The third kappa shape index (κ3) is 3.09. The second kappa shape index (κ2) is 6.79. The zero-order valence-electron chi connectivity index (χ0n) is 13.2. The molecule has 4 rings (SSSR count). The van der Waals surface area contributed by atoms with E-state index in [4.69, 9.17) is 23.2 Å². The molecule has 0 saturated heterocycles. The highest BCUT2D eigenvalue weighted by Crippen LogP contribution is 2.37. The molecule has 0 saturated carbocycles. The van der Waals surface area contributed by atoms with Gasteiger partial charge in [-0.1, -0.05) is 53.5 Å².